The van der Waals surface area contributed by atoms with Crippen LogP contribution < -0.4 is 0 Å². The largest absolute Gasteiger partial charge is 0.340 e. The number of nitrogens with zero attached hydrogens (tertiary/aromatic N) is 3. The number of carbonyl (C=O) groups excluding carboxylic acids is 1. The van der Waals surface area contributed by atoms with Gasteiger partial charge in [-0.05, 0) is 37.4 Å². The fourth-order valence-electron chi connectivity index (χ4n) is 3.13. The summed E-state index contributed by atoms with van der Waals surface area (Å²) in [5, 5.41) is 1.77. The van der Waals surface area contributed by atoms with Gasteiger partial charge >= 0.3 is 0 Å². The average Bonchev–Trinajstić information content (AvgIpc) is 3.26. The molecule has 2 fully saturated rings. The molecule has 1 aromatic heterocycles. The molecule has 0 N–H and O–H groups in total. The lowest BCUT2D eigenvalue weighted by atomic mass is 10.3. The highest BCUT2D eigenvalue weighted by atomic mass is 32.2. The van der Waals surface area contributed by atoms with Gasteiger partial charge in [0.15, 0.2) is 0 Å². The van der Waals surface area contributed by atoms with Gasteiger partial charge < -0.3 is 9.80 Å². The molecule has 8 heteroatoms. The highest BCUT2D eigenvalue weighted by Gasteiger charge is 2.30. The second-order valence-corrected chi connectivity index (χ2v) is 9.13. The zero-order valence-electron chi connectivity index (χ0n) is 13.2. The Morgan fingerprint density at radius 3 is 2.39 bits per heavy atom. The fraction of sp³-hybridized carbons (Fsp3) is 0.667. The number of piperazine rings is 1. The van der Waals surface area contributed by atoms with Crippen LogP contribution in [0.15, 0.2) is 21.7 Å². The first-order valence-electron chi connectivity index (χ1n) is 8.11. The Hall–Kier alpha value is -0.960. The van der Waals surface area contributed by atoms with Gasteiger partial charge in [-0.3, -0.25) is 4.79 Å². The van der Waals surface area contributed by atoms with Crippen molar-refractivity contribution in [2.75, 3.05) is 45.8 Å². The van der Waals surface area contributed by atoms with Crippen molar-refractivity contribution in [3.05, 3.63) is 17.5 Å². The predicted octanol–water partition coefficient (Wildman–Crippen LogP) is 1.07. The van der Waals surface area contributed by atoms with E-state index in [0.717, 1.165) is 19.6 Å². The summed E-state index contributed by atoms with van der Waals surface area (Å²) in [6.07, 6.45) is 3.00. The van der Waals surface area contributed by atoms with E-state index < -0.39 is 10.0 Å². The van der Waals surface area contributed by atoms with Gasteiger partial charge in [0.05, 0.1) is 0 Å². The minimum absolute atomic E-state index is 0.144. The molecule has 0 unspecified atom stereocenters. The third kappa shape index (κ3) is 3.93. The maximum Gasteiger partial charge on any atom is 0.252 e. The van der Waals surface area contributed by atoms with Crippen LogP contribution in [0.5, 0.6) is 0 Å². The SMILES string of the molecule is O=C(CCN1CCCC1)N1CCN(S(=O)(=O)c2cccs2)CC1. The zero-order chi connectivity index (χ0) is 16.3. The van der Waals surface area contributed by atoms with Crippen LogP contribution in [-0.4, -0.2) is 74.2 Å². The Labute approximate surface area is 141 Å². The minimum Gasteiger partial charge on any atom is -0.340 e. The van der Waals surface area contributed by atoms with Crippen LogP contribution in [0.2, 0.25) is 0 Å². The number of hydrogen-bond acceptors (Lipinski definition) is 5. The van der Waals surface area contributed by atoms with Crippen LogP contribution >= 0.6 is 11.3 Å². The molecule has 0 radical (unpaired) electrons. The predicted molar refractivity (Wildman–Crippen MR) is 89.9 cm³/mol. The molecule has 0 aromatic carbocycles. The van der Waals surface area contributed by atoms with Crippen molar-refractivity contribution < 1.29 is 13.2 Å². The molecule has 0 aliphatic carbocycles. The van der Waals surface area contributed by atoms with Crippen molar-refractivity contribution in [1.29, 1.82) is 0 Å². The minimum atomic E-state index is -3.39. The molecule has 0 bridgehead atoms. The summed E-state index contributed by atoms with van der Waals surface area (Å²) in [6, 6.07) is 3.38. The van der Waals surface area contributed by atoms with Crippen molar-refractivity contribution in [2.45, 2.75) is 23.5 Å². The Morgan fingerprint density at radius 1 is 1.09 bits per heavy atom. The summed E-state index contributed by atoms with van der Waals surface area (Å²) in [5.74, 6) is 0.144. The molecule has 2 aliphatic rings. The monoisotopic (exact) mass is 357 g/mol. The standard InChI is InChI=1S/C15H23N3O3S2/c19-14(5-8-16-6-1-2-7-16)17-9-11-18(12-10-17)23(20,21)15-4-3-13-22-15/h3-4,13H,1-2,5-12H2. The maximum atomic E-state index is 12.5. The molecule has 3 heterocycles. The van der Waals surface area contributed by atoms with Crippen molar-refractivity contribution in [3.63, 3.8) is 0 Å². The summed E-state index contributed by atoms with van der Waals surface area (Å²) >= 11 is 1.24. The lowest BCUT2D eigenvalue weighted by Gasteiger charge is -2.34. The number of rotatable bonds is 5. The lowest BCUT2D eigenvalue weighted by Crippen LogP contribution is -2.50. The summed E-state index contributed by atoms with van der Waals surface area (Å²) < 4.78 is 26.8. The van der Waals surface area contributed by atoms with Gasteiger partial charge in [0.25, 0.3) is 10.0 Å². The van der Waals surface area contributed by atoms with Crippen LogP contribution in [0, 0.1) is 0 Å². The smallest absolute Gasteiger partial charge is 0.252 e. The molecule has 23 heavy (non-hydrogen) atoms. The molecule has 2 aliphatic heterocycles. The molecule has 6 nitrogen and oxygen atoms in total. The van der Waals surface area contributed by atoms with Gasteiger partial charge in [-0.15, -0.1) is 11.3 Å². The molecular formula is C15H23N3O3S2. The first kappa shape index (κ1) is 16.9. The normalized spacial score (nSPS) is 21.0. The zero-order valence-corrected chi connectivity index (χ0v) is 14.8. The van der Waals surface area contributed by atoms with E-state index in [1.807, 2.05) is 0 Å². The maximum absolute atomic E-state index is 12.5. The molecular weight excluding hydrogens is 334 g/mol. The van der Waals surface area contributed by atoms with Crippen molar-refractivity contribution in [3.8, 4) is 0 Å². The van der Waals surface area contributed by atoms with Crippen molar-refractivity contribution in [2.24, 2.45) is 0 Å². The Bertz CT molecular complexity index is 616. The van der Waals surface area contributed by atoms with E-state index in [9.17, 15) is 13.2 Å². The number of carbonyl (C=O) groups is 1. The fourth-order valence-corrected chi connectivity index (χ4v) is 5.70. The van der Waals surface area contributed by atoms with Gasteiger partial charge in [0.2, 0.25) is 5.91 Å². The van der Waals surface area contributed by atoms with E-state index in [1.54, 1.807) is 22.4 Å². The number of amides is 1. The Morgan fingerprint density at radius 2 is 1.78 bits per heavy atom. The summed E-state index contributed by atoms with van der Waals surface area (Å²) in [7, 11) is -3.39. The second kappa shape index (κ2) is 7.29. The topological polar surface area (TPSA) is 60.9 Å². The number of likely N-dealkylation sites (tertiary alicyclic amines) is 1. The first-order chi connectivity index (χ1) is 11.1. The van der Waals surface area contributed by atoms with E-state index in [2.05, 4.69) is 4.90 Å². The quantitative estimate of drug-likeness (QED) is 0.791. The molecule has 2 saturated heterocycles. The van der Waals surface area contributed by atoms with Gasteiger partial charge in [0.1, 0.15) is 4.21 Å². The summed E-state index contributed by atoms with van der Waals surface area (Å²) in [6.45, 7) is 4.77. The van der Waals surface area contributed by atoms with Gasteiger partial charge in [0, 0.05) is 39.1 Å². The molecule has 0 atom stereocenters. The van der Waals surface area contributed by atoms with Crippen LogP contribution in [0.4, 0.5) is 0 Å². The van der Waals surface area contributed by atoms with Crippen molar-refractivity contribution >= 4 is 27.3 Å². The van der Waals surface area contributed by atoms with E-state index in [-0.39, 0.29) is 5.91 Å². The van der Waals surface area contributed by atoms with Crippen LogP contribution in [-0.2, 0) is 14.8 Å². The molecule has 3 rings (SSSR count). The lowest BCUT2D eigenvalue weighted by molar-refractivity contribution is -0.132. The average molecular weight is 358 g/mol. The van der Waals surface area contributed by atoms with Crippen LogP contribution in [0.25, 0.3) is 0 Å². The number of thiophene rings is 1. The highest BCUT2D eigenvalue weighted by Crippen LogP contribution is 2.22. The molecule has 1 aromatic rings. The third-order valence-corrected chi connectivity index (χ3v) is 7.79. The number of hydrogen-bond donors (Lipinski definition) is 0. The van der Waals surface area contributed by atoms with Crippen LogP contribution in [0.3, 0.4) is 0 Å². The van der Waals surface area contributed by atoms with Gasteiger partial charge in [-0.25, -0.2) is 8.42 Å². The molecule has 0 spiro atoms. The second-order valence-electron chi connectivity index (χ2n) is 6.02. The third-order valence-electron chi connectivity index (χ3n) is 4.52. The van der Waals surface area contributed by atoms with Gasteiger partial charge in [-0.1, -0.05) is 6.07 Å². The van der Waals surface area contributed by atoms with Crippen molar-refractivity contribution in [1.82, 2.24) is 14.1 Å². The van der Waals surface area contributed by atoms with E-state index in [4.69, 9.17) is 0 Å². The molecule has 1 amide bonds. The highest BCUT2D eigenvalue weighted by molar-refractivity contribution is 7.91. The number of sulfonamides is 1. The Balaban J connectivity index is 1.49. The van der Waals surface area contributed by atoms with Gasteiger partial charge in [-0.2, -0.15) is 4.31 Å². The van der Waals surface area contributed by atoms with E-state index >= 15 is 0 Å². The van der Waals surface area contributed by atoms with Crippen LogP contribution in [0.1, 0.15) is 19.3 Å². The molecule has 128 valence electrons. The summed E-state index contributed by atoms with van der Waals surface area (Å²) in [4.78, 5) is 16.4. The Kier molecular flexibility index (Phi) is 5.35. The molecule has 0 saturated carbocycles. The van der Waals surface area contributed by atoms with E-state index in [1.165, 1.54) is 28.5 Å². The van der Waals surface area contributed by atoms with E-state index in [0.29, 0.717) is 36.8 Å². The first-order valence-corrected chi connectivity index (χ1v) is 10.4. The summed E-state index contributed by atoms with van der Waals surface area (Å²) in [5.41, 5.74) is 0.